The lowest BCUT2D eigenvalue weighted by atomic mass is 10.1. The number of hydrogen-bond donors (Lipinski definition) is 0. The monoisotopic (exact) mass is 645 g/mol. The van der Waals surface area contributed by atoms with Gasteiger partial charge in [-0.1, -0.05) is 31.0 Å². The van der Waals surface area contributed by atoms with Gasteiger partial charge in [0.15, 0.2) is 11.5 Å². The highest BCUT2D eigenvalue weighted by Crippen LogP contribution is 2.38. The third-order valence-electron chi connectivity index (χ3n) is 6.27. The summed E-state index contributed by atoms with van der Waals surface area (Å²) in [4.78, 5) is 41.5. The number of nitriles is 1. The zero-order valence-corrected chi connectivity index (χ0v) is 24.0. The summed E-state index contributed by atoms with van der Waals surface area (Å²) in [6.45, 7) is 3.56. The summed E-state index contributed by atoms with van der Waals surface area (Å²) >= 11 is 2.97. The first-order chi connectivity index (χ1) is 18.4. The predicted molar refractivity (Wildman–Crippen MR) is 154 cm³/mol. The third-order valence-corrected chi connectivity index (χ3v) is 7.97. The Morgan fingerprint density at radius 3 is 2.58 bits per heavy atom. The van der Waals surface area contributed by atoms with Crippen molar-refractivity contribution in [1.29, 1.82) is 5.26 Å². The fourth-order valence-electron chi connectivity index (χ4n) is 4.32. The van der Waals surface area contributed by atoms with Crippen molar-refractivity contribution in [2.45, 2.75) is 39.2 Å². The number of thioether (sulfide) groups is 1. The van der Waals surface area contributed by atoms with Crippen LogP contribution in [0.3, 0.4) is 0 Å². The number of halogens is 1. The number of nitrogens with zero attached hydrogens (tertiary/aromatic N) is 3. The molecule has 2 aliphatic heterocycles. The molecule has 2 heterocycles. The Balaban J connectivity index is 1.51. The fourth-order valence-corrected chi connectivity index (χ4v) is 5.94. The van der Waals surface area contributed by atoms with Crippen LogP contribution in [0.5, 0.6) is 11.5 Å². The van der Waals surface area contributed by atoms with Gasteiger partial charge in [0.1, 0.15) is 13.2 Å². The van der Waals surface area contributed by atoms with Crippen LogP contribution in [-0.2, 0) is 16.2 Å². The molecule has 8 nitrogen and oxygen atoms in total. The highest BCUT2D eigenvalue weighted by molar-refractivity contribution is 14.1. The van der Waals surface area contributed by atoms with Crippen LogP contribution in [-0.4, -0.2) is 53.1 Å². The van der Waals surface area contributed by atoms with E-state index in [0.29, 0.717) is 42.3 Å². The third kappa shape index (κ3) is 6.69. The quantitative estimate of drug-likeness (QED) is 0.273. The van der Waals surface area contributed by atoms with Gasteiger partial charge >= 0.3 is 0 Å². The summed E-state index contributed by atoms with van der Waals surface area (Å²) in [5.74, 6) is 0.372. The van der Waals surface area contributed by atoms with Crippen LogP contribution < -0.4 is 9.47 Å². The molecule has 0 atom stereocenters. The lowest BCUT2D eigenvalue weighted by Crippen LogP contribution is -2.42. The molecule has 2 aromatic carbocycles. The van der Waals surface area contributed by atoms with Gasteiger partial charge in [0.25, 0.3) is 11.1 Å². The molecule has 2 aromatic rings. The van der Waals surface area contributed by atoms with E-state index in [4.69, 9.17) is 9.47 Å². The molecule has 38 heavy (non-hydrogen) atoms. The molecule has 0 bridgehead atoms. The second-order valence-corrected chi connectivity index (χ2v) is 11.0. The minimum Gasteiger partial charge on any atom is -0.490 e. The van der Waals surface area contributed by atoms with E-state index in [-0.39, 0.29) is 24.0 Å². The van der Waals surface area contributed by atoms with Gasteiger partial charge in [-0.15, -0.1) is 0 Å². The molecule has 3 amide bonds. The Labute approximate surface area is 240 Å². The number of carbonyl (C=O) groups excluding carboxylic acids is 3. The van der Waals surface area contributed by atoms with Crippen LogP contribution >= 0.6 is 34.4 Å². The SMILES string of the molecule is CCOc1cc(C=C2SC(=O)N(CC(=O)N3CCCCCC3)C2=O)cc(I)c1OCc1ccccc1C#N. The van der Waals surface area contributed by atoms with E-state index in [2.05, 4.69) is 28.7 Å². The number of carbonyl (C=O) groups is 3. The highest BCUT2D eigenvalue weighted by Gasteiger charge is 2.37. The van der Waals surface area contributed by atoms with E-state index >= 15 is 0 Å². The topological polar surface area (TPSA) is 99.9 Å². The molecular weight excluding hydrogens is 617 g/mol. The molecule has 0 aromatic heterocycles. The summed E-state index contributed by atoms with van der Waals surface area (Å²) in [7, 11) is 0. The van der Waals surface area contributed by atoms with Crippen molar-refractivity contribution in [3.05, 3.63) is 61.6 Å². The van der Waals surface area contributed by atoms with Crippen molar-refractivity contribution < 1.29 is 23.9 Å². The molecule has 0 saturated carbocycles. The van der Waals surface area contributed by atoms with Gasteiger partial charge in [-0.25, -0.2) is 0 Å². The zero-order valence-electron chi connectivity index (χ0n) is 21.1. The number of likely N-dealkylation sites (tertiary alicyclic amines) is 1. The molecular formula is C28H28IN3O5S. The van der Waals surface area contributed by atoms with Crippen LogP contribution in [0.15, 0.2) is 41.3 Å². The maximum absolute atomic E-state index is 13.0. The molecule has 2 aliphatic rings. The lowest BCUT2D eigenvalue weighted by molar-refractivity contribution is -0.135. The molecule has 4 rings (SSSR count). The summed E-state index contributed by atoms with van der Waals surface area (Å²) < 4.78 is 12.6. The Bertz CT molecular complexity index is 1300. The Kier molecular flexibility index (Phi) is 9.69. The second-order valence-electron chi connectivity index (χ2n) is 8.88. The predicted octanol–water partition coefficient (Wildman–Crippen LogP) is 5.58. The highest BCUT2D eigenvalue weighted by atomic mass is 127. The molecule has 2 fully saturated rings. The van der Waals surface area contributed by atoms with Crippen LogP contribution in [0.4, 0.5) is 4.79 Å². The smallest absolute Gasteiger partial charge is 0.294 e. The Morgan fingerprint density at radius 2 is 1.87 bits per heavy atom. The first kappa shape index (κ1) is 28.0. The molecule has 0 aliphatic carbocycles. The molecule has 0 N–H and O–H groups in total. The second kappa shape index (κ2) is 13.2. The summed E-state index contributed by atoms with van der Waals surface area (Å²) in [6, 6.07) is 13.0. The van der Waals surface area contributed by atoms with Crippen molar-refractivity contribution in [2.75, 3.05) is 26.2 Å². The van der Waals surface area contributed by atoms with Crippen molar-refractivity contribution >= 4 is 57.5 Å². The average molecular weight is 646 g/mol. The van der Waals surface area contributed by atoms with Gasteiger partial charge < -0.3 is 14.4 Å². The minimum atomic E-state index is -0.468. The van der Waals surface area contributed by atoms with E-state index in [1.165, 1.54) is 0 Å². The Hall–Kier alpha value is -3.04. The normalized spacial score (nSPS) is 16.9. The molecule has 0 radical (unpaired) electrons. The van der Waals surface area contributed by atoms with E-state index in [9.17, 15) is 19.6 Å². The van der Waals surface area contributed by atoms with Crippen LogP contribution in [0.2, 0.25) is 0 Å². The number of benzene rings is 2. The van der Waals surface area contributed by atoms with E-state index in [1.807, 2.05) is 25.1 Å². The van der Waals surface area contributed by atoms with Gasteiger partial charge in [-0.05, 0) is 84.0 Å². The van der Waals surface area contributed by atoms with E-state index < -0.39 is 11.1 Å². The largest absolute Gasteiger partial charge is 0.490 e. The van der Waals surface area contributed by atoms with E-state index in [0.717, 1.165) is 51.5 Å². The molecule has 2 saturated heterocycles. The maximum atomic E-state index is 13.0. The van der Waals surface area contributed by atoms with Crippen LogP contribution in [0.1, 0.15) is 49.3 Å². The number of hydrogen-bond acceptors (Lipinski definition) is 7. The lowest BCUT2D eigenvalue weighted by Gasteiger charge is -2.22. The minimum absolute atomic E-state index is 0.192. The molecule has 0 unspecified atom stereocenters. The molecule has 198 valence electrons. The first-order valence-corrected chi connectivity index (χ1v) is 14.4. The van der Waals surface area contributed by atoms with Gasteiger partial charge in [0.05, 0.1) is 26.7 Å². The summed E-state index contributed by atoms with van der Waals surface area (Å²) in [6.07, 6.45) is 5.71. The maximum Gasteiger partial charge on any atom is 0.294 e. The van der Waals surface area contributed by atoms with Gasteiger partial charge in [-0.3, -0.25) is 19.3 Å². The number of imide groups is 1. The van der Waals surface area contributed by atoms with Gasteiger partial charge in [0.2, 0.25) is 5.91 Å². The van der Waals surface area contributed by atoms with Crippen molar-refractivity contribution in [1.82, 2.24) is 9.80 Å². The average Bonchev–Trinajstić information content (AvgIpc) is 3.09. The van der Waals surface area contributed by atoms with Crippen LogP contribution in [0, 0.1) is 14.9 Å². The number of ether oxygens (including phenoxy) is 2. The van der Waals surface area contributed by atoms with Gasteiger partial charge in [-0.2, -0.15) is 5.26 Å². The van der Waals surface area contributed by atoms with E-state index in [1.54, 1.807) is 29.2 Å². The summed E-state index contributed by atoms with van der Waals surface area (Å²) in [5, 5.41) is 8.91. The van der Waals surface area contributed by atoms with Crippen molar-refractivity contribution in [3.63, 3.8) is 0 Å². The standard InChI is InChI=1S/C28H28IN3O5S/c1-2-36-23-14-19(13-22(29)26(23)37-18-21-10-6-5-9-20(21)16-30)15-24-27(34)32(28(35)38-24)17-25(33)31-11-7-3-4-8-12-31/h5-6,9-10,13-15H,2-4,7-8,11-12,17-18H2,1H3. The first-order valence-electron chi connectivity index (χ1n) is 12.5. The zero-order chi connectivity index (χ0) is 27.1. The molecule has 10 heteroatoms. The number of rotatable bonds is 8. The van der Waals surface area contributed by atoms with Gasteiger partial charge in [0, 0.05) is 18.7 Å². The van der Waals surface area contributed by atoms with Crippen molar-refractivity contribution in [3.8, 4) is 17.6 Å². The Morgan fingerprint density at radius 1 is 1.13 bits per heavy atom. The summed E-state index contributed by atoms with van der Waals surface area (Å²) in [5.41, 5.74) is 1.98. The fraction of sp³-hybridized carbons (Fsp3) is 0.357. The van der Waals surface area contributed by atoms with Crippen LogP contribution in [0.25, 0.3) is 6.08 Å². The molecule has 0 spiro atoms. The number of amides is 3. The van der Waals surface area contributed by atoms with Crippen molar-refractivity contribution in [2.24, 2.45) is 0 Å².